The third-order valence-corrected chi connectivity index (χ3v) is 2.94. The smallest absolute Gasteiger partial charge is 0.251 e. The molecule has 0 bridgehead atoms. The van der Waals surface area contributed by atoms with Crippen LogP contribution in [-0.2, 0) is 6.42 Å². The Kier molecular flexibility index (Phi) is 7.07. The van der Waals surface area contributed by atoms with Gasteiger partial charge < -0.3 is 11.1 Å². The summed E-state index contributed by atoms with van der Waals surface area (Å²) in [6, 6.07) is 7.53. The molecule has 0 heterocycles. The molecular formula is C17H22N2O. The molecule has 0 aliphatic heterocycles. The van der Waals surface area contributed by atoms with Crippen molar-refractivity contribution < 1.29 is 4.79 Å². The van der Waals surface area contributed by atoms with Crippen LogP contribution in [-0.4, -0.2) is 19.0 Å². The summed E-state index contributed by atoms with van der Waals surface area (Å²) < 4.78 is 0. The zero-order valence-corrected chi connectivity index (χ0v) is 11.8. The molecule has 0 fully saturated rings. The fourth-order valence-corrected chi connectivity index (χ4v) is 1.82. The molecule has 0 aliphatic rings. The normalized spacial score (nSPS) is 10.9. The Balaban J connectivity index is 2.48. The third kappa shape index (κ3) is 5.24. The third-order valence-electron chi connectivity index (χ3n) is 2.94. The molecule has 1 aromatic carbocycles. The average Bonchev–Trinajstić information content (AvgIpc) is 2.47. The second kappa shape index (κ2) is 8.88. The van der Waals surface area contributed by atoms with Crippen molar-refractivity contribution >= 4 is 5.91 Å². The predicted molar refractivity (Wildman–Crippen MR) is 84.6 cm³/mol. The van der Waals surface area contributed by atoms with Gasteiger partial charge in [0, 0.05) is 12.1 Å². The molecule has 1 aromatic rings. The maximum absolute atomic E-state index is 11.9. The van der Waals surface area contributed by atoms with E-state index in [0.29, 0.717) is 18.7 Å². The van der Waals surface area contributed by atoms with Gasteiger partial charge in [-0.05, 0) is 42.7 Å². The van der Waals surface area contributed by atoms with E-state index in [1.165, 1.54) is 0 Å². The molecular weight excluding hydrogens is 248 g/mol. The average molecular weight is 270 g/mol. The van der Waals surface area contributed by atoms with E-state index in [4.69, 9.17) is 5.73 Å². The highest BCUT2D eigenvalue weighted by molar-refractivity contribution is 5.94. The van der Waals surface area contributed by atoms with Crippen molar-refractivity contribution in [2.24, 2.45) is 5.73 Å². The van der Waals surface area contributed by atoms with Gasteiger partial charge in [-0.25, -0.2) is 0 Å². The molecule has 0 aromatic heterocycles. The van der Waals surface area contributed by atoms with E-state index in [-0.39, 0.29) is 5.91 Å². The highest BCUT2D eigenvalue weighted by Crippen LogP contribution is 2.06. The van der Waals surface area contributed by atoms with Crippen LogP contribution in [0, 0.1) is 0 Å². The van der Waals surface area contributed by atoms with Crippen molar-refractivity contribution in [1.82, 2.24) is 5.32 Å². The van der Waals surface area contributed by atoms with Gasteiger partial charge in [-0.3, -0.25) is 4.79 Å². The summed E-state index contributed by atoms with van der Waals surface area (Å²) >= 11 is 0. The molecule has 0 aliphatic carbocycles. The van der Waals surface area contributed by atoms with Crippen molar-refractivity contribution in [3.63, 3.8) is 0 Å². The van der Waals surface area contributed by atoms with Gasteiger partial charge in [0.25, 0.3) is 5.91 Å². The number of nitrogens with one attached hydrogen (secondary N) is 1. The number of hydrogen-bond donors (Lipinski definition) is 2. The molecule has 3 N–H and O–H groups in total. The van der Waals surface area contributed by atoms with E-state index >= 15 is 0 Å². The van der Waals surface area contributed by atoms with Crippen molar-refractivity contribution in [1.29, 1.82) is 0 Å². The van der Waals surface area contributed by atoms with E-state index in [1.807, 2.05) is 30.3 Å². The first-order valence-electron chi connectivity index (χ1n) is 6.72. The first kappa shape index (κ1) is 15.9. The van der Waals surface area contributed by atoms with Gasteiger partial charge in [0.1, 0.15) is 0 Å². The van der Waals surface area contributed by atoms with E-state index in [1.54, 1.807) is 12.2 Å². The second-order valence-electron chi connectivity index (χ2n) is 4.42. The lowest BCUT2D eigenvalue weighted by atomic mass is 10.1. The molecule has 3 heteroatoms. The quantitative estimate of drug-likeness (QED) is 0.713. The lowest BCUT2D eigenvalue weighted by Crippen LogP contribution is -2.24. The standard InChI is InChI=1S/C17H22N2O/c1-3-5-14(4-2)11-13-19-17(20)16-8-6-15(7-9-16)10-12-18/h3-9H,1-2,10-13,18H2,(H,19,20)/b14-5+. The molecule has 1 rings (SSSR count). The van der Waals surface area contributed by atoms with Crippen LogP contribution in [0.1, 0.15) is 22.3 Å². The van der Waals surface area contributed by atoms with Gasteiger partial charge >= 0.3 is 0 Å². The Morgan fingerprint density at radius 3 is 2.50 bits per heavy atom. The highest BCUT2D eigenvalue weighted by Gasteiger charge is 2.04. The zero-order chi connectivity index (χ0) is 14.8. The number of amides is 1. The maximum atomic E-state index is 11.9. The molecule has 0 spiro atoms. The monoisotopic (exact) mass is 270 g/mol. The Bertz CT molecular complexity index is 486. The van der Waals surface area contributed by atoms with Crippen molar-refractivity contribution in [3.05, 3.63) is 72.4 Å². The summed E-state index contributed by atoms with van der Waals surface area (Å²) in [7, 11) is 0. The van der Waals surface area contributed by atoms with Crippen LogP contribution >= 0.6 is 0 Å². The Hall–Kier alpha value is -2.13. The van der Waals surface area contributed by atoms with Gasteiger partial charge in [0.15, 0.2) is 0 Å². The molecule has 20 heavy (non-hydrogen) atoms. The summed E-state index contributed by atoms with van der Waals surface area (Å²) in [5.41, 5.74) is 8.36. The van der Waals surface area contributed by atoms with Gasteiger partial charge in [-0.15, -0.1) is 0 Å². The lowest BCUT2D eigenvalue weighted by Gasteiger charge is -2.06. The van der Waals surface area contributed by atoms with Crippen molar-refractivity contribution in [2.45, 2.75) is 12.8 Å². The van der Waals surface area contributed by atoms with Crippen LogP contribution < -0.4 is 11.1 Å². The summed E-state index contributed by atoms with van der Waals surface area (Å²) in [6.07, 6.45) is 6.95. The molecule has 3 nitrogen and oxygen atoms in total. The van der Waals surface area contributed by atoms with Crippen molar-refractivity contribution in [2.75, 3.05) is 13.1 Å². The van der Waals surface area contributed by atoms with Gasteiger partial charge in [0.2, 0.25) is 0 Å². The fraction of sp³-hybridized carbons (Fsp3) is 0.235. The number of rotatable bonds is 8. The molecule has 0 saturated carbocycles. The molecule has 0 radical (unpaired) electrons. The summed E-state index contributed by atoms with van der Waals surface area (Å²) in [6.45, 7) is 8.56. The van der Waals surface area contributed by atoms with Gasteiger partial charge in [-0.1, -0.05) is 43.5 Å². The van der Waals surface area contributed by atoms with E-state index < -0.39 is 0 Å². The van der Waals surface area contributed by atoms with Crippen LogP contribution in [0.25, 0.3) is 0 Å². The SMILES string of the molecule is C=C/C=C(\C=C)CCNC(=O)c1ccc(CCN)cc1. The number of benzene rings is 1. The Labute approximate surface area is 120 Å². The highest BCUT2D eigenvalue weighted by atomic mass is 16.1. The molecule has 0 atom stereocenters. The maximum Gasteiger partial charge on any atom is 0.251 e. The number of hydrogen-bond acceptors (Lipinski definition) is 2. The van der Waals surface area contributed by atoms with Gasteiger partial charge in [-0.2, -0.15) is 0 Å². The minimum Gasteiger partial charge on any atom is -0.352 e. The van der Waals surface area contributed by atoms with E-state index in [9.17, 15) is 4.79 Å². The number of nitrogens with two attached hydrogens (primary N) is 1. The zero-order valence-electron chi connectivity index (χ0n) is 11.8. The number of allylic oxidation sites excluding steroid dienone is 3. The summed E-state index contributed by atoms with van der Waals surface area (Å²) in [4.78, 5) is 11.9. The van der Waals surface area contributed by atoms with Crippen LogP contribution in [0.5, 0.6) is 0 Å². The first-order valence-corrected chi connectivity index (χ1v) is 6.72. The topological polar surface area (TPSA) is 55.1 Å². The minimum absolute atomic E-state index is 0.0636. The fourth-order valence-electron chi connectivity index (χ4n) is 1.82. The van der Waals surface area contributed by atoms with Crippen LogP contribution in [0.4, 0.5) is 0 Å². The molecule has 0 saturated heterocycles. The summed E-state index contributed by atoms with van der Waals surface area (Å²) in [5, 5.41) is 2.89. The van der Waals surface area contributed by atoms with Crippen LogP contribution in [0.15, 0.2) is 61.2 Å². The minimum atomic E-state index is -0.0636. The lowest BCUT2D eigenvalue weighted by molar-refractivity contribution is 0.0954. The van der Waals surface area contributed by atoms with Crippen molar-refractivity contribution in [3.8, 4) is 0 Å². The molecule has 0 unspecified atom stereocenters. The number of carbonyl (C=O) groups excluding carboxylic acids is 1. The number of carbonyl (C=O) groups is 1. The predicted octanol–water partition coefficient (Wildman–Crippen LogP) is 2.61. The van der Waals surface area contributed by atoms with E-state index in [0.717, 1.165) is 24.0 Å². The second-order valence-corrected chi connectivity index (χ2v) is 4.42. The van der Waals surface area contributed by atoms with Crippen LogP contribution in [0.2, 0.25) is 0 Å². The Morgan fingerprint density at radius 1 is 1.25 bits per heavy atom. The van der Waals surface area contributed by atoms with Crippen LogP contribution in [0.3, 0.4) is 0 Å². The van der Waals surface area contributed by atoms with E-state index in [2.05, 4.69) is 18.5 Å². The Morgan fingerprint density at radius 2 is 1.95 bits per heavy atom. The summed E-state index contributed by atoms with van der Waals surface area (Å²) in [5.74, 6) is -0.0636. The molecule has 1 amide bonds. The van der Waals surface area contributed by atoms with Gasteiger partial charge in [0.05, 0.1) is 0 Å². The molecule has 106 valence electrons. The largest absolute Gasteiger partial charge is 0.352 e. The first-order chi connectivity index (χ1) is 9.71.